The number of rotatable bonds is 5. The zero-order valence-electron chi connectivity index (χ0n) is 16.7. The molecule has 1 heterocycles. The fourth-order valence-corrected chi connectivity index (χ4v) is 3.06. The zero-order chi connectivity index (χ0) is 21.8. The quantitative estimate of drug-likeness (QED) is 0.491. The maximum atomic E-state index is 14.1. The molecule has 0 fully saturated rings. The minimum atomic E-state index is -0.680. The summed E-state index contributed by atoms with van der Waals surface area (Å²) < 4.78 is 15.5. The number of nitrogens with zero attached hydrogens (tertiary/aromatic N) is 2. The van der Waals surface area contributed by atoms with Crippen molar-refractivity contribution in [3.05, 3.63) is 108 Å². The van der Waals surface area contributed by atoms with E-state index < -0.39 is 17.6 Å². The van der Waals surface area contributed by atoms with Gasteiger partial charge in [-0.3, -0.25) is 9.59 Å². The smallest absolute Gasteiger partial charge is 0.261 e. The molecule has 1 aromatic heterocycles. The van der Waals surface area contributed by atoms with Crippen LogP contribution in [0.15, 0.2) is 85.1 Å². The molecule has 154 valence electrons. The Morgan fingerprint density at radius 1 is 0.806 bits per heavy atom. The molecule has 7 heteroatoms. The Morgan fingerprint density at radius 3 is 2.16 bits per heavy atom. The van der Waals surface area contributed by atoms with Gasteiger partial charge in [-0.1, -0.05) is 48.0 Å². The standard InChI is InChI=1S/C24H19FN4O2/c1-16-11-13-17(14-12-16)27-24(31)20-15-26-29(18-7-3-2-4-8-18)22(20)28-23(30)19-9-5-6-10-21(19)25/h2-15H,1H3,(H,27,31)(H,28,30). The van der Waals surface area contributed by atoms with Gasteiger partial charge in [0.25, 0.3) is 11.8 Å². The van der Waals surface area contributed by atoms with Gasteiger partial charge >= 0.3 is 0 Å². The number of hydrogen-bond donors (Lipinski definition) is 2. The highest BCUT2D eigenvalue weighted by atomic mass is 19.1. The van der Waals surface area contributed by atoms with Crippen LogP contribution in [0.3, 0.4) is 0 Å². The third-order valence-electron chi connectivity index (χ3n) is 4.67. The number of aryl methyl sites for hydroxylation is 1. The highest BCUT2D eigenvalue weighted by Gasteiger charge is 2.22. The minimum Gasteiger partial charge on any atom is -0.322 e. The van der Waals surface area contributed by atoms with Gasteiger partial charge in [0.15, 0.2) is 0 Å². The molecule has 0 aliphatic heterocycles. The number of amides is 2. The summed E-state index contributed by atoms with van der Waals surface area (Å²) in [6.45, 7) is 1.95. The largest absolute Gasteiger partial charge is 0.322 e. The number of nitrogens with one attached hydrogen (secondary N) is 2. The second kappa shape index (κ2) is 8.62. The van der Waals surface area contributed by atoms with E-state index in [9.17, 15) is 14.0 Å². The monoisotopic (exact) mass is 414 g/mol. The number of aromatic nitrogens is 2. The van der Waals surface area contributed by atoms with Crippen molar-refractivity contribution in [3.63, 3.8) is 0 Å². The molecule has 0 saturated carbocycles. The number of carbonyl (C=O) groups excluding carboxylic acids is 2. The van der Waals surface area contributed by atoms with Gasteiger partial charge < -0.3 is 10.6 Å². The van der Waals surface area contributed by atoms with Crippen molar-refractivity contribution in [2.75, 3.05) is 10.6 Å². The first-order valence-corrected chi connectivity index (χ1v) is 9.60. The summed E-state index contributed by atoms with van der Waals surface area (Å²) in [5.74, 6) is -1.64. The Morgan fingerprint density at radius 2 is 1.45 bits per heavy atom. The highest BCUT2D eigenvalue weighted by Crippen LogP contribution is 2.23. The number of hydrogen-bond acceptors (Lipinski definition) is 3. The van der Waals surface area contributed by atoms with Crippen LogP contribution in [0, 0.1) is 12.7 Å². The number of halogens is 1. The predicted octanol–water partition coefficient (Wildman–Crippen LogP) is 4.82. The molecule has 4 rings (SSSR count). The van der Waals surface area contributed by atoms with Crippen LogP contribution in [-0.4, -0.2) is 21.6 Å². The molecule has 2 amide bonds. The normalized spacial score (nSPS) is 10.5. The van der Waals surface area contributed by atoms with E-state index in [4.69, 9.17) is 0 Å². The third-order valence-corrected chi connectivity index (χ3v) is 4.67. The van der Waals surface area contributed by atoms with Crippen LogP contribution in [0.1, 0.15) is 26.3 Å². The molecule has 0 atom stereocenters. The Balaban J connectivity index is 1.71. The van der Waals surface area contributed by atoms with Gasteiger partial charge in [0.1, 0.15) is 17.2 Å². The van der Waals surface area contributed by atoms with E-state index in [0.29, 0.717) is 11.4 Å². The molecule has 31 heavy (non-hydrogen) atoms. The van der Waals surface area contributed by atoms with Crippen molar-refractivity contribution >= 4 is 23.3 Å². The SMILES string of the molecule is Cc1ccc(NC(=O)c2cnn(-c3ccccc3)c2NC(=O)c2ccccc2F)cc1. The number of carbonyl (C=O) groups is 2. The van der Waals surface area contributed by atoms with Crippen LogP contribution in [0.2, 0.25) is 0 Å². The Kier molecular flexibility index (Phi) is 5.57. The van der Waals surface area contributed by atoms with Crippen molar-refractivity contribution in [2.45, 2.75) is 6.92 Å². The summed E-state index contributed by atoms with van der Waals surface area (Å²) in [7, 11) is 0. The third kappa shape index (κ3) is 4.35. The van der Waals surface area contributed by atoms with Crippen LogP contribution in [0.25, 0.3) is 5.69 Å². The van der Waals surface area contributed by atoms with Crippen molar-refractivity contribution in [1.29, 1.82) is 0 Å². The Hall–Kier alpha value is -4.26. The van der Waals surface area contributed by atoms with Gasteiger partial charge in [0, 0.05) is 5.69 Å². The van der Waals surface area contributed by atoms with Gasteiger partial charge in [-0.15, -0.1) is 0 Å². The van der Waals surface area contributed by atoms with E-state index >= 15 is 0 Å². The first kappa shape index (κ1) is 20.0. The molecule has 0 unspecified atom stereocenters. The van der Waals surface area contributed by atoms with E-state index in [1.165, 1.54) is 29.1 Å². The maximum absolute atomic E-state index is 14.1. The number of anilines is 2. The molecular weight excluding hydrogens is 395 g/mol. The first-order valence-electron chi connectivity index (χ1n) is 9.60. The Labute approximate surface area is 178 Å². The molecule has 0 radical (unpaired) electrons. The predicted molar refractivity (Wildman–Crippen MR) is 117 cm³/mol. The lowest BCUT2D eigenvalue weighted by Crippen LogP contribution is -2.20. The molecule has 0 bridgehead atoms. The van der Waals surface area contributed by atoms with E-state index in [1.54, 1.807) is 30.3 Å². The van der Waals surface area contributed by atoms with Crippen molar-refractivity contribution in [3.8, 4) is 5.69 Å². The maximum Gasteiger partial charge on any atom is 0.261 e. The summed E-state index contributed by atoms with van der Waals surface area (Å²) in [4.78, 5) is 25.7. The molecule has 0 saturated heterocycles. The van der Waals surface area contributed by atoms with Crippen LogP contribution in [0.4, 0.5) is 15.9 Å². The lowest BCUT2D eigenvalue weighted by Gasteiger charge is -2.12. The van der Waals surface area contributed by atoms with Gasteiger partial charge in [-0.2, -0.15) is 5.10 Å². The van der Waals surface area contributed by atoms with Gasteiger partial charge in [-0.05, 0) is 43.3 Å². The molecule has 3 aromatic carbocycles. The molecule has 6 nitrogen and oxygen atoms in total. The van der Waals surface area contributed by atoms with E-state index in [1.807, 2.05) is 37.3 Å². The summed E-state index contributed by atoms with van der Waals surface area (Å²) >= 11 is 0. The van der Waals surface area contributed by atoms with Gasteiger partial charge in [0.2, 0.25) is 0 Å². The van der Waals surface area contributed by atoms with Crippen LogP contribution >= 0.6 is 0 Å². The summed E-state index contributed by atoms with van der Waals surface area (Å²) in [6.07, 6.45) is 1.37. The molecule has 4 aromatic rings. The Bertz CT molecular complexity index is 1230. The fourth-order valence-electron chi connectivity index (χ4n) is 3.06. The van der Waals surface area contributed by atoms with E-state index in [-0.39, 0.29) is 16.9 Å². The molecule has 2 N–H and O–H groups in total. The topological polar surface area (TPSA) is 76.0 Å². The number of benzene rings is 3. The van der Waals surface area contributed by atoms with Crippen LogP contribution in [-0.2, 0) is 0 Å². The lowest BCUT2D eigenvalue weighted by atomic mass is 10.2. The van der Waals surface area contributed by atoms with E-state index in [2.05, 4.69) is 15.7 Å². The summed E-state index contributed by atoms with van der Waals surface area (Å²) in [5.41, 5.74) is 2.32. The van der Waals surface area contributed by atoms with Crippen molar-refractivity contribution in [2.24, 2.45) is 0 Å². The van der Waals surface area contributed by atoms with Crippen molar-refractivity contribution in [1.82, 2.24) is 9.78 Å². The lowest BCUT2D eigenvalue weighted by molar-refractivity contribution is 0.102. The van der Waals surface area contributed by atoms with Gasteiger partial charge in [0.05, 0.1) is 17.4 Å². The molecule has 0 aliphatic rings. The van der Waals surface area contributed by atoms with Crippen LogP contribution < -0.4 is 10.6 Å². The highest BCUT2D eigenvalue weighted by molar-refractivity contribution is 6.12. The van der Waals surface area contributed by atoms with Crippen molar-refractivity contribution < 1.29 is 14.0 Å². The molecular formula is C24H19FN4O2. The molecule has 0 spiro atoms. The fraction of sp³-hybridized carbons (Fsp3) is 0.0417. The second-order valence-electron chi connectivity index (χ2n) is 6.91. The van der Waals surface area contributed by atoms with Crippen LogP contribution in [0.5, 0.6) is 0 Å². The first-order chi connectivity index (χ1) is 15.0. The van der Waals surface area contributed by atoms with Gasteiger partial charge in [-0.25, -0.2) is 9.07 Å². The average Bonchev–Trinajstić information content (AvgIpc) is 3.20. The summed E-state index contributed by atoms with van der Waals surface area (Å²) in [5, 5.41) is 9.73. The van der Waals surface area contributed by atoms with E-state index in [0.717, 1.165) is 5.56 Å². The molecule has 0 aliphatic carbocycles. The minimum absolute atomic E-state index is 0.131. The average molecular weight is 414 g/mol. The second-order valence-corrected chi connectivity index (χ2v) is 6.91. The zero-order valence-corrected chi connectivity index (χ0v) is 16.7. The summed E-state index contributed by atoms with van der Waals surface area (Å²) in [6, 6.07) is 22.0. The number of para-hydroxylation sites is 1.